The first kappa shape index (κ1) is 34.3. The van der Waals surface area contributed by atoms with Crippen LogP contribution in [0.3, 0.4) is 0 Å². The molecule has 4 heteroatoms. The van der Waals surface area contributed by atoms with Crippen LogP contribution in [0.15, 0.2) is 206 Å². The van der Waals surface area contributed by atoms with Crippen molar-refractivity contribution < 1.29 is 0 Å². The number of nitriles is 1. The van der Waals surface area contributed by atoms with Crippen LogP contribution in [0, 0.1) is 17.9 Å². The molecule has 0 bridgehead atoms. The van der Waals surface area contributed by atoms with Crippen molar-refractivity contribution in [2.45, 2.75) is 0 Å². The molecule has 0 aliphatic heterocycles. The van der Waals surface area contributed by atoms with Crippen LogP contribution in [0.25, 0.3) is 59.4 Å². The fourth-order valence-corrected chi connectivity index (χ4v) is 8.42. The predicted molar refractivity (Wildman–Crippen MR) is 241 cm³/mol. The quantitative estimate of drug-likeness (QED) is 0.115. The maximum atomic E-state index is 10.00. The summed E-state index contributed by atoms with van der Waals surface area (Å²) in [5.74, 6) is 0. The lowest BCUT2D eigenvalue weighted by Gasteiger charge is -2.31. The Morgan fingerprint density at radius 1 is 0.414 bits per heavy atom. The molecule has 0 radical (unpaired) electrons. The Balaban J connectivity index is 1.25. The van der Waals surface area contributed by atoms with Gasteiger partial charge in [0.05, 0.1) is 41.0 Å². The fourth-order valence-electron chi connectivity index (χ4n) is 8.42. The van der Waals surface area contributed by atoms with Crippen LogP contribution in [0.1, 0.15) is 5.56 Å². The third kappa shape index (κ3) is 5.85. The van der Waals surface area contributed by atoms with Gasteiger partial charge in [-0.3, -0.25) is 0 Å². The van der Waals surface area contributed by atoms with Gasteiger partial charge in [-0.15, -0.1) is 0 Å². The Kier molecular flexibility index (Phi) is 8.57. The molecule has 0 saturated carbocycles. The van der Waals surface area contributed by atoms with E-state index in [1.54, 1.807) is 0 Å². The molecule has 0 amide bonds. The SMILES string of the molecule is [C-]#[N+]c1ccc(N(c2ccccc2)c2ccc3ccc4c(N(c5ccccc5)c5ccc(C#N)cc5-c5ccccc5)ccc5ccc2c3c54)c(-c2ccccc2)c1. The van der Waals surface area contributed by atoms with E-state index in [1.807, 2.05) is 72.8 Å². The molecule has 10 aromatic carbocycles. The van der Waals surface area contributed by atoms with Gasteiger partial charge in [-0.05, 0) is 105 Å². The number of hydrogen-bond acceptors (Lipinski definition) is 3. The van der Waals surface area contributed by atoms with Gasteiger partial charge >= 0.3 is 0 Å². The second-order valence-electron chi connectivity index (χ2n) is 14.3. The van der Waals surface area contributed by atoms with E-state index in [0.29, 0.717) is 11.3 Å². The first-order valence-corrected chi connectivity index (χ1v) is 19.3. The average Bonchev–Trinajstić information content (AvgIpc) is 3.30. The normalized spacial score (nSPS) is 11.1. The lowest BCUT2D eigenvalue weighted by atomic mass is 9.91. The van der Waals surface area contributed by atoms with Gasteiger partial charge in [-0.2, -0.15) is 5.26 Å². The van der Waals surface area contributed by atoms with Crippen molar-refractivity contribution in [1.29, 1.82) is 5.26 Å². The minimum absolute atomic E-state index is 0.596. The smallest absolute Gasteiger partial charge is 0.188 e. The molecule has 0 N–H and O–H groups in total. The summed E-state index contributed by atoms with van der Waals surface area (Å²) >= 11 is 0. The first-order chi connectivity index (χ1) is 28.7. The van der Waals surface area contributed by atoms with Gasteiger partial charge in [0.2, 0.25) is 0 Å². The average molecular weight is 739 g/mol. The van der Waals surface area contributed by atoms with Gasteiger partial charge in [0.15, 0.2) is 5.69 Å². The molecule has 10 rings (SSSR count). The van der Waals surface area contributed by atoms with Crippen LogP contribution in [0.4, 0.5) is 39.8 Å². The van der Waals surface area contributed by atoms with Gasteiger partial charge in [-0.25, -0.2) is 4.85 Å². The van der Waals surface area contributed by atoms with Crippen molar-refractivity contribution in [3.8, 4) is 28.3 Å². The molecule has 0 unspecified atom stereocenters. The second kappa shape index (κ2) is 14.5. The number of benzene rings is 10. The minimum atomic E-state index is 0.596. The number of nitrogens with zero attached hydrogens (tertiary/aromatic N) is 4. The van der Waals surface area contributed by atoms with Crippen molar-refractivity contribution in [3.05, 3.63) is 223 Å². The maximum Gasteiger partial charge on any atom is 0.188 e. The summed E-state index contributed by atoms with van der Waals surface area (Å²) in [4.78, 5) is 8.48. The van der Waals surface area contributed by atoms with Crippen molar-refractivity contribution in [2.24, 2.45) is 0 Å². The fraction of sp³-hybridized carbons (Fsp3) is 0. The summed E-state index contributed by atoms with van der Waals surface area (Å²) in [6.07, 6.45) is 0. The number of para-hydroxylation sites is 2. The molecule has 0 atom stereocenters. The topological polar surface area (TPSA) is 34.6 Å². The Morgan fingerprint density at radius 3 is 1.29 bits per heavy atom. The molecular formula is C54H34N4. The van der Waals surface area contributed by atoms with Crippen LogP contribution >= 0.6 is 0 Å². The summed E-state index contributed by atoms with van der Waals surface area (Å²) in [6.45, 7) is 7.86. The summed E-state index contributed by atoms with van der Waals surface area (Å²) in [5, 5.41) is 16.9. The zero-order valence-corrected chi connectivity index (χ0v) is 31.4. The van der Waals surface area contributed by atoms with Crippen molar-refractivity contribution in [3.63, 3.8) is 0 Å². The molecule has 0 fully saturated rings. The van der Waals surface area contributed by atoms with E-state index in [4.69, 9.17) is 6.57 Å². The van der Waals surface area contributed by atoms with Gasteiger partial charge in [0.1, 0.15) is 0 Å². The predicted octanol–water partition coefficient (Wildman–Crippen LogP) is 15.3. The Morgan fingerprint density at radius 2 is 0.828 bits per heavy atom. The van der Waals surface area contributed by atoms with Crippen molar-refractivity contribution in [2.75, 3.05) is 9.80 Å². The number of anilines is 6. The number of hydrogen-bond donors (Lipinski definition) is 0. The van der Waals surface area contributed by atoms with Gasteiger partial charge in [0.25, 0.3) is 0 Å². The zero-order valence-electron chi connectivity index (χ0n) is 31.4. The lowest BCUT2D eigenvalue weighted by molar-refractivity contribution is 1.29. The van der Waals surface area contributed by atoms with E-state index in [-0.39, 0.29) is 0 Å². The highest BCUT2D eigenvalue weighted by atomic mass is 15.2. The Labute approximate surface area is 337 Å². The highest BCUT2D eigenvalue weighted by Gasteiger charge is 2.24. The van der Waals surface area contributed by atoms with E-state index in [9.17, 15) is 5.26 Å². The van der Waals surface area contributed by atoms with E-state index in [1.165, 1.54) is 10.8 Å². The van der Waals surface area contributed by atoms with Gasteiger partial charge in [-0.1, -0.05) is 140 Å². The number of rotatable bonds is 8. The van der Waals surface area contributed by atoms with E-state index in [0.717, 1.165) is 77.9 Å². The molecule has 10 aromatic rings. The molecule has 4 nitrogen and oxygen atoms in total. The molecule has 270 valence electrons. The Hall–Kier alpha value is -8.18. The highest BCUT2D eigenvalue weighted by Crippen LogP contribution is 2.50. The van der Waals surface area contributed by atoms with Crippen molar-refractivity contribution in [1.82, 2.24) is 0 Å². The molecule has 0 aliphatic rings. The minimum Gasteiger partial charge on any atom is -0.309 e. The molecule has 0 spiro atoms. The lowest BCUT2D eigenvalue weighted by Crippen LogP contribution is -2.12. The molecule has 0 heterocycles. The standard InChI is InChI=1S/C54H34N4/c1-56-42-27-33-52(48(35-42)39-16-8-3-9-17-39)58(44-20-12-5-13-21-44)50-32-26-41-23-28-45-49(31-25-40-24-29-46(50)54(41)53(40)45)57(43-18-10-4-11-19-43)51-30-22-37(36-55)34-47(51)38-14-6-2-7-15-38/h2-35H. The van der Waals surface area contributed by atoms with Crippen LogP contribution in [0.2, 0.25) is 0 Å². The van der Waals surface area contributed by atoms with Gasteiger partial charge in [0, 0.05) is 27.7 Å². The first-order valence-electron chi connectivity index (χ1n) is 19.3. The molecule has 58 heavy (non-hydrogen) atoms. The second-order valence-corrected chi connectivity index (χ2v) is 14.3. The molecular weight excluding hydrogens is 705 g/mol. The monoisotopic (exact) mass is 738 g/mol. The Bertz CT molecular complexity index is 2960. The van der Waals surface area contributed by atoms with E-state index >= 15 is 0 Å². The van der Waals surface area contributed by atoms with E-state index < -0.39 is 0 Å². The summed E-state index contributed by atoms with van der Waals surface area (Å²) in [5.41, 5.74) is 11.4. The maximum absolute atomic E-state index is 10.00. The van der Waals surface area contributed by atoms with Crippen LogP contribution < -0.4 is 9.80 Å². The third-order valence-electron chi connectivity index (χ3n) is 11.0. The van der Waals surface area contributed by atoms with E-state index in [2.05, 4.69) is 154 Å². The molecule has 0 saturated heterocycles. The molecule has 0 aliphatic carbocycles. The molecule has 0 aromatic heterocycles. The summed E-state index contributed by atoms with van der Waals surface area (Å²) < 4.78 is 0. The largest absolute Gasteiger partial charge is 0.309 e. The zero-order chi connectivity index (χ0) is 39.0. The summed E-state index contributed by atoms with van der Waals surface area (Å²) in [6, 6.07) is 73.9. The summed E-state index contributed by atoms with van der Waals surface area (Å²) in [7, 11) is 0. The highest BCUT2D eigenvalue weighted by molar-refractivity contribution is 6.28. The van der Waals surface area contributed by atoms with Crippen LogP contribution in [-0.4, -0.2) is 0 Å². The van der Waals surface area contributed by atoms with Gasteiger partial charge < -0.3 is 9.80 Å². The van der Waals surface area contributed by atoms with Crippen molar-refractivity contribution >= 4 is 72.1 Å². The third-order valence-corrected chi connectivity index (χ3v) is 11.0. The van der Waals surface area contributed by atoms with Crippen LogP contribution in [-0.2, 0) is 0 Å². The van der Waals surface area contributed by atoms with Crippen LogP contribution in [0.5, 0.6) is 0 Å².